The van der Waals surface area contributed by atoms with E-state index < -0.39 is 0 Å². The first-order valence-electron chi connectivity index (χ1n) is 5.79. The first kappa shape index (κ1) is 14.5. The normalized spacial score (nSPS) is 12.7. The largest absolute Gasteiger partial charge is 0.345 e. The minimum absolute atomic E-state index is 0.233. The molecule has 0 heterocycles. The van der Waals surface area contributed by atoms with Crippen LogP contribution in [-0.4, -0.2) is 24.4 Å². The molecule has 0 spiro atoms. The summed E-state index contributed by atoms with van der Waals surface area (Å²) in [7, 11) is 1.90. The lowest BCUT2D eigenvalue weighted by Gasteiger charge is -2.27. The summed E-state index contributed by atoms with van der Waals surface area (Å²) in [5, 5.41) is 0. The highest BCUT2D eigenvalue weighted by molar-refractivity contribution is 5.81. The second-order valence-electron chi connectivity index (χ2n) is 6.64. The van der Waals surface area contributed by atoms with Crippen molar-refractivity contribution in [3.8, 4) is 0 Å². The van der Waals surface area contributed by atoms with Crippen LogP contribution in [0.3, 0.4) is 0 Å². The van der Waals surface area contributed by atoms with Crippen LogP contribution >= 0.6 is 0 Å². The number of amides is 1. The number of carbonyl (C=O) groups is 1. The third-order valence-corrected chi connectivity index (χ3v) is 2.41. The molecule has 0 unspecified atom stereocenters. The zero-order valence-electron chi connectivity index (χ0n) is 11.5. The number of carbonyl (C=O) groups excluding carboxylic acids is 1. The van der Waals surface area contributed by atoms with Crippen LogP contribution in [0.4, 0.5) is 0 Å². The van der Waals surface area contributed by atoms with Gasteiger partial charge in [-0.1, -0.05) is 41.5 Å². The topological polar surface area (TPSA) is 20.3 Å². The van der Waals surface area contributed by atoms with Gasteiger partial charge in [-0.3, -0.25) is 4.79 Å². The van der Waals surface area contributed by atoms with Gasteiger partial charge < -0.3 is 4.90 Å². The molecule has 0 fully saturated rings. The lowest BCUT2D eigenvalue weighted by molar-refractivity contribution is -0.138. The predicted octanol–water partition coefficient (Wildman–Crippen LogP) is 3.32. The highest BCUT2D eigenvalue weighted by Crippen LogP contribution is 2.21. The van der Waals surface area contributed by atoms with E-state index in [2.05, 4.69) is 20.8 Å². The monoisotopic (exact) mass is 213 g/mol. The van der Waals surface area contributed by atoms with E-state index in [0.717, 1.165) is 19.4 Å². The maximum atomic E-state index is 11.8. The Hall–Kier alpha value is -0.530. The summed E-state index contributed by atoms with van der Waals surface area (Å²) in [6.45, 7) is 13.5. The molecule has 0 radical (unpaired) electrons. The van der Waals surface area contributed by atoms with E-state index in [1.807, 2.05) is 32.7 Å². The number of rotatable bonds is 3. The molecular formula is C13H27NO. The quantitative estimate of drug-likeness (QED) is 0.704. The molecular weight excluding hydrogens is 186 g/mol. The van der Waals surface area contributed by atoms with Crippen molar-refractivity contribution in [3.05, 3.63) is 0 Å². The van der Waals surface area contributed by atoms with Gasteiger partial charge in [0, 0.05) is 19.0 Å². The maximum Gasteiger partial charge on any atom is 0.227 e. The molecule has 0 saturated heterocycles. The van der Waals surface area contributed by atoms with Crippen molar-refractivity contribution in [2.24, 2.45) is 10.8 Å². The average molecular weight is 213 g/mol. The fourth-order valence-corrected chi connectivity index (χ4v) is 1.52. The second kappa shape index (κ2) is 5.00. The predicted molar refractivity (Wildman–Crippen MR) is 65.8 cm³/mol. The van der Waals surface area contributed by atoms with Crippen LogP contribution in [0.5, 0.6) is 0 Å². The van der Waals surface area contributed by atoms with E-state index in [-0.39, 0.29) is 11.3 Å². The van der Waals surface area contributed by atoms with Crippen LogP contribution in [0.2, 0.25) is 0 Å². The van der Waals surface area contributed by atoms with E-state index in [1.165, 1.54) is 0 Å². The van der Waals surface area contributed by atoms with Crippen LogP contribution in [0.25, 0.3) is 0 Å². The second-order valence-corrected chi connectivity index (χ2v) is 6.64. The highest BCUT2D eigenvalue weighted by Gasteiger charge is 2.24. The Morgan fingerprint density at radius 3 is 1.87 bits per heavy atom. The zero-order valence-corrected chi connectivity index (χ0v) is 11.5. The molecule has 0 aliphatic carbocycles. The Labute approximate surface area is 95.0 Å². The van der Waals surface area contributed by atoms with E-state index >= 15 is 0 Å². The first-order valence-corrected chi connectivity index (χ1v) is 5.79. The minimum atomic E-state index is -0.253. The van der Waals surface area contributed by atoms with Crippen LogP contribution < -0.4 is 0 Å². The summed E-state index contributed by atoms with van der Waals surface area (Å²) in [4.78, 5) is 13.7. The van der Waals surface area contributed by atoms with Crippen molar-refractivity contribution in [1.29, 1.82) is 0 Å². The van der Waals surface area contributed by atoms with E-state index in [9.17, 15) is 4.79 Å². The molecule has 90 valence electrons. The number of nitrogens with zero attached hydrogens (tertiary/aromatic N) is 1. The Kier molecular flexibility index (Phi) is 4.82. The molecule has 1 amide bonds. The van der Waals surface area contributed by atoms with Gasteiger partial charge >= 0.3 is 0 Å². The van der Waals surface area contributed by atoms with Crippen molar-refractivity contribution >= 4 is 5.91 Å². The van der Waals surface area contributed by atoms with Gasteiger partial charge in [0.1, 0.15) is 0 Å². The Morgan fingerprint density at radius 1 is 1.07 bits per heavy atom. The molecule has 0 rings (SSSR count). The standard InChI is InChI=1S/C13H27NO/c1-12(2,3)9-8-10-14(7)11(15)13(4,5)6/h8-10H2,1-7H3. The van der Waals surface area contributed by atoms with Gasteiger partial charge in [0.2, 0.25) is 5.91 Å². The highest BCUT2D eigenvalue weighted by atomic mass is 16.2. The smallest absolute Gasteiger partial charge is 0.227 e. The molecule has 2 heteroatoms. The van der Waals surface area contributed by atoms with Gasteiger partial charge in [-0.2, -0.15) is 0 Å². The van der Waals surface area contributed by atoms with Crippen molar-refractivity contribution in [1.82, 2.24) is 4.90 Å². The van der Waals surface area contributed by atoms with Gasteiger partial charge in [0.15, 0.2) is 0 Å². The zero-order chi connectivity index (χ0) is 12.3. The van der Waals surface area contributed by atoms with Gasteiger partial charge in [-0.25, -0.2) is 0 Å². The molecule has 2 nitrogen and oxygen atoms in total. The summed E-state index contributed by atoms with van der Waals surface area (Å²) < 4.78 is 0. The van der Waals surface area contributed by atoms with E-state index in [4.69, 9.17) is 0 Å². The molecule has 0 aromatic heterocycles. The molecule has 0 aliphatic heterocycles. The lowest BCUT2D eigenvalue weighted by Crippen LogP contribution is -2.37. The molecule has 0 aliphatic rings. The summed E-state index contributed by atoms with van der Waals surface area (Å²) in [5.74, 6) is 0.233. The fraction of sp³-hybridized carbons (Fsp3) is 0.923. The van der Waals surface area contributed by atoms with E-state index in [1.54, 1.807) is 0 Å². The van der Waals surface area contributed by atoms with Gasteiger partial charge in [0.05, 0.1) is 0 Å². The van der Waals surface area contributed by atoms with Crippen molar-refractivity contribution < 1.29 is 4.79 Å². The Bertz CT molecular complexity index is 208. The molecule has 0 N–H and O–H groups in total. The van der Waals surface area contributed by atoms with Crippen molar-refractivity contribution in [2.75, 3.05) is 13.6 Å². The molecule has 0 aromatic carbocycles. The van der Waals surface area contributed by atoms with Crippen LogP contribution in [0.1, 0.15) is 54.4 Å². The molecule has 0 saturated carbocycles. The SMILES string of the molecule is CN(CCCC(C)(C)C)C(=O)C(C)(C)C. The lowest BCUT2D eigenvalue weighted by atomic mass is 9.90. The first-order chi connectivity index (χ1) is 6.54. The van der Waals surface area contributed by atoms with E-state index in [0.29, 0.717) is 5.41 Å². The third kappa shape index (κ3) is 6.53. The molecule has 0 atom stereocenters. The van der Waals surface area contributed by atoms with Crippen LogP contribution in [0.15, 0.2) is 0 Å². The third-order valence-electron chi connectivity index (χ3n) is 2.41. The summed E-state index contributed by atoms with van der Waals surface area (Å²) in [5.41, 5.74) is 0.113. The maximum absolute atomic E-state index is 11.8. The fourth-order valence-electron chi connectivity index (χ4n) is 1.52. The van der Waals surface area contributed by atoms with Gasteiger partial charge in [-0.05, 0) is 18.3 Å². The minimum Gasteiger partial charge on any atom is -0.345 e. The number of hydrogen-bond acceptors (Lipinski definition) is 1. The summed E-state index contributed by atoms with van der Waals surface area (Å²) >= 11 is 0. The number of hydrogen-bond donors (Lipinski definition) is 0. The Morgan fingerprint density at radius 2 is 1.53 bits per heavy atom. The summed E-state index contributed by atoms with van der Waals surface area (Å²) in [6, 6.07) is 0. The Balaban J connectivity index is 3.96. The van der Waals surface area contributed by atoms with Crippen molar-refractivity contribution in [2.45, 2.75) is 54.4 Å². The van der Waals surface area contributed by atoms with Crippen LogP contribution in [0, 0.1) is 10.8 Å². The summed E-state index contributed by atoms with van der Waals surface area (Å²) in [6.07, 6.45) is 2.25. The average Bonchev–Trinajstić information content (AvgIpc) is 1.98. The molecule has 0 bridgehead atoms. The van der Waals surface area contributed by atoms with Crippen molar-refractivity contribution in [3.63, 3.8) is 0 Å². The van der Waals surface area contributed by atoms with Gasteiger partial charge in [0.25, 0.3) is 0 Å². The van der Waals surface area contributed by atoms with Crippen LogP contribution in [-0.2, 0) is 4.79 Å². The molecule has 0 aromatic rings. The van der Waals surface area contributed by atoms with Gasteiger partial charge in [-0.15, -0.1) is 0 Å². The molecule has 15 heavy (non-hydrogen) atoms.